The van der Waals surface area contributed by atoms with E-state index in [4.69, 9.17) is 0 Å². The molecule has 0 radical (unpaired) electrons. The van der Waals surface area contributed by atoms with E-state index < -0.39 is 12.1 Å². The lowest BCUT2D eigenvalue weighted by atomic mass is 9.84. The molecule has 3 atom stereocenters. The summed E-state index contributed by atoms with van der Waals surface area (Å²) in [6.45, 7) is 3.89. The molecule has 4 rings (SSSR count). The fourth-order valence-electron chi connectivity index (χ4n) is 5.30. The molecule has 8 heteroatoms. The molecular formula is C24H27F3N4O. The Morgan fingerprint density at radius 2 is 2.09 bits per heavy atom. The van der Waals surface area contributed by atoms with Crippen molar-refractivity contribution in [3.8, 4) is 6.07 Å². The Bertz CT molecular complexity index is 1030. The molecule has 2 aliphatic heterocycles. The summed E-state index contributed by atoms with van der Waals surface area (Å²) in [4.78, 5) is 21.1. The zero-order valence-electron chi connectivity index (χ0n) is 18.1. The van der Waals surface area contributed by atoms with Crippen molar-refractivity contribution in [3.63, 3.8) is 0 Å². The summed E-state index contributed by atoms with van der Waals surface area (Å²) in [6.07, 6.45) is -0.879. The number of carbonyl (C=O) groups excluding carboxylic acids is 1. The number of nitrogens with zero attached hydrogens (tertiary/aromatic N) is 4. The number of anilines is 1. The maximum Gasteiger partial charge on any atom is 0.393 e. The van der Waals surface area contributed by atoms with Gasteiger partial charge in [0.15, 0.2) is 0 Å². The third kappa shape index (κ3) is 4.44. The topological polar surface area (TPSA) is 60.2 Å². The molecule has 0 spiro atoms. The first-order valence-corrected chi connectivity index (χ1v) is 11.2. The Balaban J connectivity index is 1.62. The number of ketones is 1. The Morgan fingerprint density at radius 3 is 2.81 bits per heavy atom. The molecule has 1 aromatic carbocycles. The van der Waals surface area contributed by atoms with Crippen LogP contribution in [0.2, 0.25) is 0 Å². The number of piperidine rings is 1. The van der Waals surface area contributed by atoms with Gasteiger partial charge in [-0.2, -0.15) is 18.4 Å². The number of halogens is 3. The van der Waals surface area contributed by atoms with Crippen molar-refractivity contribution < 1.29 is 18.0 Å². The Kier molecular flexibility index (Phi) is 6.38. The van der Waals surface area contributed by atoms with Gasteiger partial charge in [0, 0.05) is 36.8 Å². The van der Waals surface area contributed by atoms with Crippen LogP contribution in [0.5, 0.6) is 0 Å². The molecule has 0 N–H and O–H groups in total. The SMILES string of the molecule is CCN1CCC[C@H]1C(=O)CC1CC(C(F)(F)F)CN(c2ccc(C#N)c3ncccc23)C1. The maximum atomic E-state index is 13.8. The minimum Gasteiger partial charge on any atom is -0.370 e. The van der Waals surface area contributed by atoms with Crippen LogP contribution in [0.3, 0.4) is 0 Å². The van der Waals surface area contributed by atoms with E-state index in [9.17, 15) is 23.2 Å². The van der Waals surface area contributed by atoms with Gasteiger partial charge in [-0.15, -0.1) is 0 Å². The monoisotopic (exact) mass is 444 g/mol. The van der Waals surface area contributed by atoms with Gasteiger partial charge in [0.25, 0.3) is 0 Å². The van der Waals surface area contributed by atoms with Crippen molar-refractivity contribution in [1.29, 1.82) is 5.26 Å². The molecule has 3 heterocycles. The van der Waals surface area contributed by atoms with Gasteiger partial charge in [-0.1, -0.05) is 6.92 Å². The summed E-state index contributed by atoms with van der Waals surface area (Å²) < 4.78 is 41.4. The van der Waals surface area contributed by atoms with Crippen LogP contribution in [-0.2, 0) is 4.79 Å². The van der Waals surface area contributed by atoms with E-state index in [0.717, 1.165) is 25.9 Å². The molecule has 2 aliphatic rings. The molecule has 0 amide bonds. The number of hydrogen-bond donors (Lipinski definition) is 0. The van der Waals surface area contributed by atoms with E-state index in [0.29, 0.717) is 28.7 Å². The van der Waals surface area contributed by atoms with Gasteiger partial charge in [0.2, 0.25) is 0 Å². The molecule has 32 heavy (non-hydrogen) atoms. The van der Waals surface area contributed by atoms with Crippen LogP contribution in [0, 0.1) is 23.2 Å². The van der Waals surface area contributed by atoms with Gasteiger partial charge >= 0.3 is 6.18 Å². The normalized spacial score (nSPS) is 24.6. The molecule has 0 bridgehead atoms. The van der Waals surface area contributed by atoms with Crippen LogP contribution in [-0.4, -0.2) is 54.1 Å². The molecule has 2 fully saturated rings. The average Bonchev–Trinajstić information content (AvgIpc) is 3.26. The van der Waals surface area contributed by atoms with E-state index in [1.165, 1.54) is 0 Å². The zero-order valence-corrected chi connectivity index (χ0v) is 18.1. The Morgan fingerprint density at radius 1 is 1.28 bits per heavy atom. The van der Waals surface area contributed by atoms with Crippen molar-refractivity contribution >= 4 is 22.4 Å². The molecule has 2 aromatic rings. The van der Waals surface area contributed by atoms with Crippen molar-refractivity contribution in [1.82, 2.24) is 9.88 Å². The zero-order chi connectivity index (χ0) is 22.9. The number of alkyl halides is 3. The second kappa shape index (κ2) is 9.07. The third-order valence-electron chi connectivity index (χ3n) is 6.84. The summed E-state index contributed by atoms with van der Waals surface area (Å²) in [5.74, 6) is -1.81. The van der Waals surface area contributed by atoms with Crippen molar-refractivity contribution in [3.05, 3.63) is 36.0 Å². The van der Waals surface area contributed by atoms with Gasteiger partial charge in [-0.05, 0) is 62.5 Å². The number of aromatic nitrogens is 1. The number of likely N-dealkylation sites (N-methyl/N-ethyl adjacent to an activating group) is 1. The number of benzene rings is 1. The summed E-state index contributed by atoms with van der Waals surface area (Å²) in [5, 5.41) is 10.0. The molecule has 0 saturated carbocycles. The number of fused-ring (bicyclic) bond motifs is 1. The molecule has 2 saturated heterocycles. The lowest BCUT2D eigenvalue weighted by molar-refractivity contribution is -0.179. The van der Waals surface area contributed by atoms with Crippen LogP contribution >= 0.6 is 0 Å². The lowest BCUT2D eigenvalue weighted by Crippen LogP contribution is -2.47. The molecule has 1 aromatic heterocycles. The van der Waals surface area contributed by atoms with Crippen LogP contribution < -0.4 is 4.90 Å². The van der Waals surface area contributed by atoms with Gasteiger partial charge in [-0.25, -0.2) is 0 Å². The van der Waals surface area contributed by atoms with Gasteiger partial charge < -0.3 is 4.90 Å². The highest BCUT2D eigenvalue weighted by molar-refractivity contribution is 5.95. The predicted octanol–water partition coefficient (Wildman–Crippen LogP) is 4.55. The second-order valence-corrected chi connectivity index (χ2v) is 8.85. The first-order chi connectivity index (χ1) is 15.3. The predicted molar refractivity (Wildman–Crippen MR) is 116 cm³/mol. The molecule has 2 unspecified atom stereocenters. The van der Waals surface area contributed by atoms with Crippen LogP contribution in [0.1, 0.15) is 38.2 Å². The largest absolute Gasteiger partial charge is 0.393 e. The number of likely N-dealkylation sites (tertiary alicyclic amines) is 1. The van der Waals surface area contributed by atoms with Crippen molar-refractivity contribution in [2.24, 2.45) is 11.8 Å². The highest BCUT2D eigenvalue weighted by atomic mass is 19.4. The number of rotatable bonds is 5. The Hall–Kier alpha value is -2.66. The molecule has 0 aliphatic carbocycles. The smallest absolute Gasteiger partial charge is 0.370 e. The summed E-state index contributed by atoms with van der Waals surface area (Å²) >= 11 is 0. The van der Waals surface area contributed by atoms with Gasteiger partial charge in [0.05, 0.1) is 23.0 Å². The lowest BCUT2D eigenvalue weighted by Gasteiger charge is -2.40. The number of nitriles is 1. The second-order valence-electron chi connectivity index (χ2n) is 8.85. The first-order valence-electron chi connectivity index (χ1n) is 11.2. The molecule has 5 nitrogen and oxygen atoms in total. The Labute approximate surface area is 185 Å². The number of Topliss-reactive ketones (excluding diaryl/α,β-unsaturated/α-hetero) is 1. The molecular weight excluding hydrogens is 417 g/mol. The molecule has 170 valence electrons. The summed E-state index contributed by atoms with van der Waals surface area (Å²) in [7, 11) is 0. The fourth-order valence-corrected chi connectivity index (χ4v) is 5.30. The van der Waals surface area contributed by atoms with Crippen molar-refractivity contribution in [2.75, 3.05) is 31.1 Å². The van der Waals surface area contributed by atoms with Crippen LogP contribution in [0.4, 0.5) is 18.9 Å². The highest BCUT2D eigenvalue weighted by Crippen LogP contribution is 2.40. The van der Waals surface area contributed by atoms with Crippen molar-refractivity contribution in [2.45, 2.75) is 44.8 Å². The van der Waals surface area contributed by atoms with E-state index in [1.54, 1.807) is 35.4 Å². The quantitative estimate of drug-likeness (QED) is 0.677. The number of pyridine rings is 1. The minimum atomic E-state index is -4.33. The minimum absolute atomic E-state index is 0.0307. The van der Waals surface area contributed by atoms with E-state index in [1.807, 2.05) is 6.92 Å². The van der Waals surface area contributed by atoms with E-state index in [-0.39, 0.29) is 37.1 Å². The van der Waals surface area contributed by atoms with Crippen LogP contribution in [0.25, 0.3) is 10.9 Å². The average molecular weight is 445 g/mol. The van der Waals surface area contributed by atoms with Gasteiger partial charge in [0.1, 0.15) is 11.9 Å². The standard InChI is InChI=1S/C24H27F3N4O/c1-2-30-10-4-6-21(30)22(32)12-16-11-18(24(25,26)27)15-31(14-16)20-8-7-17(13-28)23-19(20)5-3-9-29-23/h3,5,7-9,16,18,21H,2,4,6,10-12,14-15H2,1H3/t16?,18?,21-/m0/s1. The van der Waals surface area contributed by atoms with E-state index in [2.05, 4.69) is 16.0 Å². The van der Waals surface area contributed by atoms with Crippen LogP contribution in [0.15, 0.2) is 30.5 Å². The highest BCUT2D eigenvalue weighted by Gasteiger charge is 2.45. The fraction of sp³-hybridized carbons (Fsp3) is 0.542. The summed E-state index contributed by atoms with van der Waals surface area (Å²) in [6, 6.07) is 8.75. The number of carbonyl (C=O) groups is 1. The third-order valence-corrected chi connectivity index (χ3v) is 6.84. The van der Waals surface area contributed by atoms with E-state index >= 15 is 0 Å². The summed E-state index contributed by atoms with van der Waals surface area (Å²) in [5.41, 5.74) is 1.51. The first kappa shape index (κ1) is 22.5. The maximum absolute atomic E-state index is 13.8. The number of hydrogen-bond acceptors (Lipinski definition) is 5. The van der Waals surface area contributed by atoms with Gasteiger partial charge in [-0.3, -0.25) is 14.7 Å².